The monoisotopic (exact) mass is 371 g/mol. The van der Waals surface area contributed by atoms with Gasteiger partial charge < -0.3 is 14.6 Å². The SMILES string of the molecule is COc1cnc2c(-c3nc4cc(F)c(OC)cc4s3)cc(CO)cc2n1. The summed E-state index contributed by atoms with van der Waals surface area (Å²) in [5.74, 6) is 0.0937. The molecule has 0 saturated heterocycles. The van der Waals surface area contributed by atoms with Crippen LogP contribution < -0.4 is 9.47 Å². The minimum absolute atomic E-state index is 0.144. The highest BCUT2D eigenvalue weighted by Gasteiger charge is 2.16. The fraction of sp³-hybridized carbons (Fsp3) is 0.167. The lowest BCUT2D eigenvalue weighted by Crippen LogP contribution is -1.95. The molecule has 0 bridgehead atoms. The second-order valence-electron chi connectivity index (χ2n) is 5.56. The number of hydrogen-bond donors (Lipinski definition) is 1. The summed E-state index contributed by atoms with van der Waals surface area (Å²) in [5.41, 5.74) is 3.16. The first kappa shape index (κ1) is 16.6. The summed E-state index contributed by atoms with van der Waals surface area (Å²) in [6, 6.07) is 6.54. The van der Waals surface area contributed by atoms with Crippen LogP contribution in [0.3, 0.4) is 0 Å². The normalized spacial score (nSPS) is 11.2. The molecule has 4 aromatic rings. The van der Waals surface area contributed by atoms with Crippen molar-refractivity contribution in [1.29, 1.82) is 0 Å². The van der Waals surface area contributed by atoms with Gasteiger partial charge in [0.1, 0.15) is 5.01 Å². The first-order valence-corrected chi connectivity index (χ1v) is 8.53. The van der Waals surface area contributed by atoms with Gasteiger partial charge in [0.25, 0.3) is 0 Å². The molecule has 6 nitrogen and oxygen atoms in total. The third kappa shape index (κ3) is 2.73. The fourth-order valence-corrected chi connectivity index (χ4v) is 3.71. The third-order valence-corrected chi connectivity index (χ3v) is 5.02. The highest BCUT2D eigenvalue weighted by Crippen LogP contribution is 2.36. The van der Waals surface area contributed by atoms with E-state index in [0.29, 0.717) is 33.0 Å². The van der Waals surface area contributed by atoms with Gasteiger partial charge >= 0.3 is 0 Å². The Hall–Kier alpha value is -2.84. The summed E-state index contributed by atoms with van der Waals surface area (Å²) in [7, 11) is 2.94. The van der Waals surface area contributed by atoms with Crippen LogP contribution in [0.5, 0.6) is 11.6 Å². The molecule has 1 N–H and O–H groups in total. The maximum atomic E-state index is 14.0. The van der Waals surface area contributed by atoms with Gasteiger partial charge in [-0.15, -0.1) is 11.3 Å². The number of thiazole rings is 1. The van der Waals surface area contributed by atoms with Crippen molar-refractivity contribution >= 4 is 32.6 Å². The fourth-order valence-electron chi connectivity index (χ4n) is 2.72. The number of halogens is 1. The highest BCUT2D eigenvalue weighted by atomic mass is 32.1. The zero-order valence-corrected chi connectivity index (χ0v) is 14.8. The minimum Gasteiger partial charge on any atom is -0.494 e. The van der Waals surface area contributed by atoms with E-state index >= 15 is 0 Å². The summed E-state index contributed by atoms with van der Waals surface area (Å²) in [4.78, 5) is 13.3. The average Bonchev–Trinajstić information content (AvgIpc) is 3.08. The van der Waals surface area contributed by atoms with Gasteiger partial charge in [-0.2, -0.15) is 0 Å². The Morgan fingerprint density at radius 2 is 1.92 bits per heavy atom. The number of rotatable bonds is 4. The van der Waals surface area contributed by atoms with Gasteiger partial charge in [0, 0.05) is 17.7 Å². The molecule has 2 aromatic heterocycles. The number of hydrogen-bond acceptors (Lipinski definition) is 7. The number of benzene rings is 2. The predicted octanol–water partition coefficient (Wildman–Crippen LogP) is 3.56. The molecule has 0 radical (unpaired) electrons. The number of nitrogens with zero attached hydrogens (tertiary/aromatic N) is 3. The van der Waals surface area contributed by atoms with E-state index in [0.717, 1.165) is 10.3 Å². The van der Waals surface area contributed by atoms with Gasteiger partial charge in [-0.25, -0.2) is 19.3 Å². The van der Waals surface area contributed by atoms with Gasteiger partial charge in [0.15, 0.2) is 11.6 Å². The van der Waals surface area contributed by atoms with Gasteiger partial charge in [-0.3, -0.25) is 0 Å². The van der Waals surface area contributed by atoms with E-state index < -0.39 is 5.82 Å². The lowest BCUT2D eigenvalue weighted by Gasteiger charge is -2.07. The van der Waals surface area contributed by atoms with Gasteiger partial charge in [0.2, 0.25) is 5.88 Å². The van der Waals surface area contributed by atoms with E-state index in [9.17, 15) is 9.50 Å². The third-order valence-electron chi connectivity index (χ3n) is 3.97. The van der Waals surface area contributed by atoms with E-state index in [2.05, 4.69) is 15.0 Å². The molecule has 0 aliphatic heterocycles. The predicted molar refractivity (Wildman–Crippen MR) is 97.1 cm³/mol. The van der Waals surface area contributed by atoms with Crippen molar-refractivity contribution in [3.63, 3.8) is 0 Å². The molecule has 8 heteroatoms. The Kier molecular flexibility index (Phi) is 4.14. The topological polar surface area (TPSA) is 77.4 Å². The first-order valence-electron chi connectivity index (χ1n) is 7.72. The van der Waals surface area contributed by atoms with Crippen LogP contribution in [0.4, 0.5) is 4.39 Å². The largest absolute Gasteiger partial charge is 0.494 e. The summed E-state index contributed by atoms with van der Waals surface area (Å²) >= 11 is 1.39. The molecule has 0 saturated carbocycles. The molecule has 0 atom stereocenters. The zero-order chi connectivity index (χ0) is 18.3. The van der Waals surface area contributed by atoms with Crippen LogP contribution in [0.1, 0.15) is 5.56 Å². The average molecular weight is 371 g/mol. The molecule has 26 heavy (non-hydrogen) atoms. The number of aromatic nitrogens is 3. The summed E-state index contributed by atoms with van der Waals surface area (Å²) in [5, 5.41) is 10.2. The summed E-state index contributed by atoms with van der Waals surface area (Å²) in [6.45, 7) is -0.144. The molecule has 0 fully saturated rings. The minimum atomic E-state index is -0.463. The molecular formula is C18H14FN3O3S. The molecule has 0 aliphatic rings. The van der Waals surface area contributed by atoms with Crippen LogP contribution in [0.2, 0.25) is 0 Å². The van der Waals surface area contributed by atoms with Crippen molar-refractivity contribution in [2.45, 2.75) is 6.61 Å². The summed E-state index contributed by atoms with van der Waals surface area (Å²) < 4.78 is 24.9. The van der Waals surface area contributed by atoms with Crippen molar-refractivity contribution in [3.05, 3.63) is 41.8 Å². The van der Waals surface area contributed by atoms with Crippen LogP contribution >= 0.6 is 11.3 Å². The molecule has 4 rings (SSSR count). The molecular weight excluding hydrogens is 357 g/mol. The quantitative estimate of drug-likeness (QED) is 0.591. The van der Waals surface area contributed by atoms with E-state index in [-0.39, 0.29) is 12.4 Å². The maximum Gasteiger partial charge on any atom is 0.232 e. The molecule has 2 aromatic carbocycles. The van der Waals surface area contributed by atoms with E-state index in [1.54, 1.807) is 12.1 Å². The first-order chi connectivity index (χ1) is 12.6. The molecule has 0 aliphatic carbocycles. The molecule has 132 valence electrons. The number of methoxy groups -OCH3 is 2. The Balaban J connectivity index is 1.96. The molecule has 0 unspecified atom stereocenters. The van der Waals surface area contributed by atoms with Gasteiger partial charge in [0.05, 0.1) is 48.3 Å². The van der Waals surface area contributed by atoms with Crippen molar-refractivity contribution in [2.75, 3.05) is 14.2 Å². The van der Waals surface area contributed by atoms with E-state index in [1.165, 1.54) is 37.8 Å². The van der Waals surface area contributed by atoms with Crippen LogP contribution in [0, 0.1) is 5.82 Å². The number of aliphatic hydroxyl groups excluding tert-OH is 1. The Labute approximate surface area is 151 Å². The van der Waals surface area contributed by atoms with Crippen molar-refractivity contribution < 1.29 is 19.0 Å². The van der Waals surface area contributed by atoms with Gasteiger partial charge in [-0.05, 0) is 17.7 Å². The highest BCUT2D eigenvalue weighted by molar-refractivity contribution is 7.21. The zero-order valence-electron chi connectivity index (χ0n) is 14.0. The summed E-state index contributed by atoms with van der Waals surface area (Å²) in [6.07, 6.45) is 1.53. The molecule has 0 amide bonds. The lowest BCUT2D eigenvalue weighted by molar-refractivity contribution is 0.282. The smallest absolute Gasteiger partial charge is 0.232 e. The second-order valence-corrected chi connectivity index (χ2v) is 6.59. The van der Waals surface area contributed by atoms with Crippen LogP contribution in [0.15, 0.2) is 30.5 Å². The standard InChI is InChI=1S/C18H14FN3O3S/c1-24-14-6-15-12(5-11(14)19)22-18(26-15)10-3-9(8-23)4-13-17(10)20-7-16(21-13)25-2/h3-7,23H,8H2,1-2H3. The molecule has 0 spiro atoms. The van der Waals surface area contributed by atoms with E-state index in [4.69, 9.17) is 9.47 Å². The van der Waals surface area contributed by atoms with Gasteiger partial charge in [-0.1, -0.05) is 0 Å². The Morgan fingerprint density at radius 1 is 1.08 bits per heavy atom. The molecule has 2 heterocycles. The number of ether oxygens (including phenoxy) is 2. The lowest BCUT2D eigenvalue weighted by atomic mass is 10.1. The second kappa shape index (κ2) is 6.47. The van der Waals surface area contributed by atoms with Crippen molar-refractivity contribution in [1.82, 2.24) is 15.0 Å². The van der Waals surface area contributed by atoms with Crippen LogP contribution in [-0.2, 0) is 6.61 Å². The van der Waals surface area contributed by atoms with Crippen molar-refractivity contribution in [2.24, 2.45) is 0 Å². The van der Waals surface area contributed by atoms with E-state index in [1.807, 2.05) is 6.07 Å². The van der Waals surface area contributed by atoms with Crippen LogP contribution in [0.25, 0.3) is 31.8 Å². The maximum absolute atomic E-state index is 14.0. The number of aliphatic hydroxyl groups is 1. The van der Waals surface area contributed by atoms with Crippen molar-refractivity contribution in [3.8, 4) is 22.2 Å². The van der Waals surface area contributed by atoms with Crippen LogP contribution in [-0.4, -0.2) is 34.3 Å². The Bertz CT molecular complexity index is 1120. The Morgan fingerprint density at radius 3 is 2.65 bits per heavy atom. The number of fused-ring (bicyclic) bond motifs is 2.